The first kappa shape index (κ1) is 13.8. The van der Waals surface area contributed by atoms with Crippen molar-refractivity contribution < 1.29 is 4.74 Å². The first-order valence-corrected chi connectivity index (χ1v) is 4.55. The van der Waals surface area contributed by atoms with E-state index in [0.29, 0.717) is 6.10 Å². The second kappa shape index (κ2) is 6.28. The molecule has 1 fully saturated rings. The largest absolute Gasteiger partial charge is 0.374 e. The molecule has 0 N–H and O–H groups in total. The normalized spacial score (nSPS) is 19.6. The van der Waals surface area contributed by atoms with Crippen LogP contribution < -0.4 is 0 Å². The Morgan fingerprint density at radius 1 is 1.21 bits per heavy atom. The highest BCUT2D eigenvalue weighted by molar-refractivity contribution is 5.85. The third kappa shape index (κ3) is 2.88. The summed E-state index contributed by atoms with van der Waals surface area (Å²) in [5.74, 6) is 0. The van der Waals surface area contributed by atoms with Gasteiger partial charge in [0.2, 0.25) is 0 Å². The van der Waals surface area contributed by atoms with Crippen LogP contribution in [0.3, 0.4) is 0 Å². The van der Waals surface area contributed by atoms with Gasteiger partial charge >= 0.3 is 0 Å². The Hall–Kier alpha value is -0.240. The molecule has 1 aliphatic heterocycles. The lowest BCUT2D eigenvalue weighted by Crippen LogP contribution is -1.97. The predicted octanol–water partition coefficient (Wildman–Crippen LogP) is 3.69. The van der Waals surface area contributed by atoms with E-state index in [-0.39, 0.29) is 24.8 Å². The SMILES string of the molecule is Cc1ccccc1C1CCCO1.Cl.Cl. The topological polar surface area (TPSA) is 9.23 Å². The van der Waals surface area contributed by atoms with E-state index in [9.17, 15) is 0 Å². The first-order chi connectivity index (χ1) is 5.88. The first-order valence-electron chi connectivity index (χ1n) is 4.55. The molecule has 0 amide bonds. The minimum atomic E-state index is 0. The van der Waals surface area contributed by atoms with Crippen molar-refractivity contribution >= 4 is 24.8 Å². The maximum absolute atomic E-state index is 5.62. The van der Waals surface area contributed by atoms with E-state index in [4.69, 9.17) is 4.74 Å². The highest BCUT2D eigenvalue weighted by Gasteiger charge is 2.18. The van der Waals surface area contributed by atoms with E-state index in [1.807, 2.05) is 0 Å². The van der Waals surface area contributed by atoms with Crippen LogP contribution in [0.4, 0.5) is 0 Å². The fourth-order valence-electron chi connectivity index (χ4n) is 1.77. The van der Waals surface area contributed by atoms with Crippen LogP contribution >= 0.6 is 24.8 Å². The van der Waals surface area contributed by atoms with Gasteiger partial charge in [0.25, 0.3) is 0 Å². The van der Waals surface area contributed by atoms with Gasteiger partial charge in [-0.1, -0.05) is 24.3 Å². The lowest BCUT2D eigenvalue weighted by atomic mass is 10.0. The molecule has 0 radical (unpaired) electrons. The van der Waals surface area contributed by atoms with Gasteiger partial charge in [0.1, 0.15) is 0 Å². The van der Waals surface area contributed by atoms with Crippen LogP contribution in [0.1, 0.15) is 30.1 Å². The van der Waals surface area contributed by atoms with Gasteiger partial charge in [-0.25, -0.2) is 0 Å². The number of halogens is 2. The smallest absolute Gasteiger partial charge is 0.0828 e. The van der Waals surface area contributed by atoms with Crippen molar-refractivity contribution in [2.24, 2.45) is 0 Å². The highest BCUT2D eigenvalue weighted by Crippen LogP contribution is 2.30. The molecule has 2 rings (SSSR count). The molecule has 0 saturated carbocycles. The molecule has 14 heavy (non-hydrogen) atoms. The van der Waals surface area contributed by atoms with Crippen LogP contribution in [-0.4, -0.2) is 6.61 Å². The molecule has 1 aromatic carbocycles. The summed E-state index contributed by atoms with van der Waals surface area (Å²) < 4.78 is 5.62. The molecule has 1 unspecified atom stereocenters. The molecule has 1 aromatic rings. The number of hydrogen-bond acceptors (Lipinski definition) is 1. The molecular weight excluding hydrogens is 219 g/mol. The van der Waals surface area contributed by atoms with Crippen molar-refractivity contribution in [1.29, 1.82) is 0 Å². The van der Waals surface area contributed by atoms with E-state index in [1.54, 1.807) is 0 Å². The van der Waals surface area contributed by atoms with Crippen molar-refractivity contribution in [1.82, 2.24) is 0 Å². The Kier molecular flexibility index (Phi) is 6.17. The van der Waals surface area contributed by atoms with Crippen molar-refractivity contribution in [3.63, 3.8) is 0 Å². The molecule has 0 aromatic heterocycles. The summed E-state index contributed by atoms with van der Waals surface area (Å²) in [5, 5.41) is 0. The van der Waals surface area contributed by atoms with Crippen molar-refractivity contribution in [3.8, 4) is 0 Å². The van der Waals surface area contributed by atoms with Gasteiger partial charge in [0, 0.05) is 6.61 Å². The van der Waals surface area contributed by atoms with Crippen LogP contribution in [0.15, 0.2) is 24.3 Å². The molecule has 1 nitrogen and oxygen atoms in total. The van der Waals surface area contributed by atoms with Crippen molar-refractivity contribution in [2.75, 3.05) is 6.61 Å². The summed E-state index contributed by atoms with van der Waals surface area (Å²) >= 11 is 0. The summed E-state index contributed by atoms with van der Waals surface area (Å²) in [6.45, 7) is 3.08. The number of hydrogen-bond donors (Lipinski definition) is 0. The van der Waals surface area contributed by atoms with Gasteiger partial charge in [0.05, 0.1) is 6.10 Å². The molecule has 1 heterocycles. The molecule has 0 aliphatic carbocycles. The Balaban J connectivity index is 0.000000845. The molecule has 0 bridgehead atoms. The summed E-state index contributed by atoms with van der Waals surface area (Å²) in [6, 6.07) is 8.49. The lowest BCUT2D eigenvalue weighted by Gasteiger charge is -2.11. The van der Waals surface area contributed by atoms with E-state index in [0.717, 1.165) is 6.61 Å². The van der Waals surface area contributed by atoms with Gasteiger partial charge in [-0.05, 0) is 30.9 Å². The van der Waals surface area contributed by atoms with Crippen LogP contribution in [0.25, 0.3) is 0 Å². The monoisotopic (exact) mass is 234 g/mol. The number of rotatable bonds is 1. The Morgan fingerprint density at radius 2 is 1.93 bits per heavy atom. The maximum Gasteiger partial charge on any atom is 0.0828 e. The van der Waals surface area contributed by atoms with Gasteiger partial charge in [-0.3, -0.25) is 0 Å². The van der Waals surface area contributed by atoms with E-state index in [1.165, 1.54) is 24.0 Å². The zero-order chi connectivity index (χ0) is 8.39. The molecule has 3 heteroatoms. The summed E-state index contributed by atoms with van der Waals surface area (Å²) in [7, 11) is 0. The second-order valence-electron chi connectivity index (χ2n) is 3.36. The average molecular weight is 235 g/mol. The molecular formula is C11H16Cl2O. The summed E-state index contributed by atoms with van der Waals surface area (Å²) in [4.78, 5) is 0. The van der Waals surface area contributed by atoms with E-state index >= 15 is 0 Å². The fraction of sp³-hybridized carbons (Fsp3) is 0.455. The second-order valence-corrected chi connectivity index (χ2v) is 3.36. The summed E-state index contributed by atoms with van der Waals surface area (Å²) in [5.41, 5.74) is 2.72. The standard InChI is InChI=1S/C11H14O.2ClH/c1-9-5-2-3-6-10(9)11-7-4-8-12-11;;/h2-3,5-6,11H,4,7-8H2,1H3;2*1H. The minimum absolute atomic E-state index is 0. The predicted molar refractivity (Wildman–Crippen MR) is 63.6 cm³/mol. The third-order valence-corrected chi connectivity index (χ3v) is 2.47. The average Bonchev–Trinajstić information content (AvgIpc) is 2.57. The van der Waals surface area contributed by atoms with Crippen LogP contribution in [0.2, 0.25) is 0 Å². The Bertz CT molecular complexity index is 270. The van der Waals surface area contributed by atoms with E-state index < -0.39 is 0 Å². The fourth-order valence-corrected chi connectivity index (χ4v) is 1.77. The third-order valence-electron chi connectivity index (χ3n) is 2.47. The maximum atomic E-state index is 5.62. The van der Waals surface area contributed by atoms with Gasteiger partial charge in [-0.15, -0.1) is 24.8 Å². The van der Waals surface area contributed by atoms with Crippen LogP contribution in [0, 0.1) is 6.92 Å². The number of aryl methyl sites for hydroxylation is 1. The molecule has 1 saturated heterocycles. The Labute approximate surface area is 97.7 Å². The highest BCUT2D eigenvalue weighted by atomic mass is 35.5. The number of benzene rings is 1. The zero-order valence-corrected chi connectivity index (χ0v) is 9.87. The molecule has 0 spiro atoms. The zero-order valence-electron chi connectivity index (χ0n) is 8.23. The van der Waals surface area contributed by atoms with Crippen LogP contribution in [0.5, 0.6) is 0 Å². The quantitative estimate of drug-likeness (QED) is 0.721. The number of ether oxygens (including phenoxy) is 1. The van der Waals surface area contributed by atoms with Crippen LogP contribution in [-0.2, 0) is 4.74 Å². The Morgan fingerprint density at radius 3 is 2.50 bits per heavy atom. The van der Waals surface area contributed by atoms with Crippen molar-refractivity contribution in [3.05, 3.63) is 35.4 Å². The molecule has 1 atom stereocenters. The van der Waals surface area contributed by atoms with Gasteiger partial charge < -0.3 is 4.74 Å². The van der Waals surface area contributed by atoms with Gasteiger partial charge in [-0.2, -0.15) is 0 Å². The summed E-state index contributed by atoms with van der Waals surface area (Å²) in [6.07, 6.45) is 2.76. The molecule has 80 valence electrons. The van der Waals surface area contributed by atoms with Gasteiger partial charge in [0.15, 0.2) is 0 Å². The van der Waals surface area contributed by atoms with E-state index in [2.05, 4.69) is 31.2 Å². The molecule has 1 aliphatic rings. The van der Waals surface area contributed by atoms with Crippen molar-refractivity contribution in [2.45, 2.75) is 25.9 Å². The lowest BCUT2D eigenvalue weighted by molar-refractivity contribution is 0.111. The minimum Gasteiger partial charge on any atom is -0.374 e.